The van der Waals surface area contributed by atoms with Crippen LogP contribution in [0.25, 0.3) is 0 Å². The summed E-state index contributed by atoms with van der Waals surface area (Å²) in [7, 11) is 0. The minimum Gasteiger partial charge on any atom is -0.335 e. The van der Waals surface area contributed by atoms with Crippen molar-refractivity contribution in [2.24, 2.45) is 0 Å². The number of hydrogen-bond acceptors (Lipinski definition) is 4. The Morgan fingerprint density at radius 2 is 1.95 bits per heavy atom. The van der Waals surface area contributed by atoms with Gasteiger partial charge in [-0.1, -0.05) is 0 Å². The molecule has 0 aromatic carbocycles. The lowest BCUT2D eigenvalue weighted by atomic mass is 10.1. The van der Waals surface area contributed by atoms with Crippen LogP contribution in [0.15, 0.2) is 12.3 Å². The van der Waals surface area contributed by atoms with Gasteiger partial charge in [0, 0.05) is 45.0 Å². The fraction of sp³-hybridized carbons (Fsp3) is 0.750. The van der Waals surface area contributed by atoms with Crippen LogP contribution in [0.5, 0.6) is 0 Å². The standard InChI is InChI=1S/C16H25N5O/c22-16(20-10-8-19(9-11-20)13-3-4-13)15-5-7-21(18-15)14-2-1-6-17-12-14/h5,7,13-14,17H,1-4,6,8-12H2. The van der Waals surface area contributed by atoms with Crippen LogP contribution in [-0.4, -0.2) is 70.8 Å². The van der Waals surface area contributed by atoms with Gasteiger partial charge < -0.3 is 10.2 Å². The maximum absolute atomic E-state index is 12.6. The highest BCUT2D eigenvalue weighted by Gasteiger charge is 2.32. The van der Waals surface area contributed by atoms with Crippen LogP contribution < -0.4 is 5.32 Å². The molecule has 1 amide bonds. The van der Waals surface area contributed by atoms with Gasteiger partial charge in [-0.05, 0) is 38.3 Å². The Kier molecular flexibility index (Phi) is 3.88. The molecule has 1 N–H and O–H groups in total. The zero-order valence-corrected chi connectivity index (χ0v) is 13.1. The summed E-state index contributed by atoms with van der Waals surface area (Å²) in [6.45, 7) is 5.76. The molecule has 2 saturated heterocycles. The molecule has 0 spiro atoms. The van der Waals surface area contributed by atoms with Crippen molar-refractivity contribution < 1.29 is 4.79 Å². The van der Waals surface area contributed by atoms with E-state index in [2.05, 4.69) is 15.3 Å². The molecule has 3 aliphatic rings. The fourth-order valence-electron chi connectivity index (χ4n) is 3.61. The molecule has 3 fully saturated rings. The summed E-state index contributed by atoms with van der Waals surface area (Å²) in [5, 5.41) is 7.94. The molecule has 1 saturated carbocycles. The van der Waals surface area contributed by atoms with Gasteiger partial charge in [0.1, 0.15) is 5.69 Å². The zero-order chi connectivity index (χ0) is 14.9. The lowest BCUT2D eigenvalue weighted by molar-refractivity contribution is 0.0620. The smallest absolute Gasteiger partial charge is 0.274 e. The predicted molar refractivity (Wildman–Crippen MR) is 83.9 cm³/mol. The molecule has 120 valence electrons. The Hall–Kier alpha value is -1.40. The molecular weight excluding hydrogens is 278 g/mol. The van der Waals surface area contributed by atoms with Crippen molar-refractivity contribution in [3.8, 4) is 0 Å². The van der Waals surface area contributed by atoms with E-state index in [1.165, 1.54) is 19.3 Å². The Bertz CT molecular complexity index is 524. The number of carbonyl (C=O) groups is 1. The van der Waals surface area contributed by atoms with Crippen molar-refractivity contribution >= 4 is 5.91 Å². The number of hydrogen-bond donors (Lipinski definition) is 1. The van der Waals surface area contributed by atoms with E-state index in [-0.39, 0.29) is 5.91 Å². The minimum absolute atomic E-state index is 0.0953. The molecule has 4 rings (SSSR count). The van der Waals surface area contributed by atoms with Gasteiger partial charge in [-0.2, -0.15) is 5.10 Å². The number of piperidine rings is 1. The first-order valence-electron chi connectivity index (χ1n) is 8.60. The topological polar surface area (TPSA) is 53.4 Å². The second-order valence-corrected chi connectivity index (χ2v) is 6.74. The van der Waals surface area contributed by atoms with E-state index in [0.717, 1.165) is 51.7 Å². The Morgan fingerprint density at radius 3 is 2.64 bits per heavy atom. The van der Waals surface area contributed by atoms with Gasteiger partial charge in [0.15, 0.2) is 0 Å². The van der Waals surface area contributed by atoms with Gasteiger partial charge in [0.2, 0.25) is 0 Å². The molecule has 1 unspecified atom stereocenters. The normalized spacial score (nSPS) is 27.1. The van der Waals surface area contributed by atoms with Crippen molar-refractivity contribution in [1.82, 2.24) is 24.9 Å². The summed E-state index contributed by atoms with van der Waals surface area (Å²) >= 11 is 0. The molecule has 2 aliphatic heterocycles. The molecule has 6 heteroatoms. The SMILES string of the molecule is O=C(c1ccn(C2CCCNC2)n1)N1CCN(C2CC2)CC1. The highest BCUT2D eigenvalue weighted by atomic mass is 16.2. The van der Waals surface area contributed by atoms with Crippen LogP contribution in [-0.2, 0) is 0 Å². The molecule has 1 atom stereocenters. The Labute approximate surface area is 131 Å². The van der Waals surface area contributed by atoms with Gasteiger partial charge in [-0.25, -0.2) is 0 Å². The number of nitrogens with one attached hydrogen (secondary N) is 1. The molecule has 0 bridgehead atoms. The summed E-state index contributed by atoms with van der Waals surface area (Å²) in [4.78, 5) is 17.1. The molecule has 1 aromatic heterocycles. The first kappa shape index (κ1) is 14.2. The number of piperazine rings is 1. The summed E-state index contributed by atoms with van der Waals surface area (Å²) in [5.74, 6) is 0.0953. The molecule has 6 nitrogen and oxygen atoms in total. The van der Waals surface area contributed by atoms with E-state index in [9.17, 15) is 4.79 Å². The number of carbonyl (C=O) groups excluding carboxylic acids is 1. The molecule has 3 heterocycles. The van der Waals surface area contributed by atoms with Crippen molar-refractivity contribution in [3.63, 3.8) is 0 Å². The third-order valence-corrected chi connectivity index (χ3v) is 5.14. The predicted octanol–water partition coefficient (Wildman–Crippen LogP) is 0.728. The average molecular weight is 303 g/mol. The van der Waals surface area contributed by atoms with Crippen LogP contribution in [0, 0.1) is 0 Å². The Balaban J connectivity index is 1.37. The van der Waals surface area contributed by atoms with E-state index >= 15 is 0 Å². The van der Waals surface area contributed by atoms with Crippen molar-refractivity contribution in [2.75, 3.05) is 39.3 Å². The van der Waals surface area contributed by atoms with Crippen LogP contribution in [0.1, 0.15) is 42.2 Å². The van der Waals surface area contributed by atoms with Crippen LogP contribution in [0.3, 0.4) is 0 Å². The summed E-state index contributed by atoms with van der Waals surface area (Å²) < 4.78 is 1.97. The fourth-order valence-corrected chi connectivity index (χ4v) is 3.61. The van der Waals surface area contributed by atoms with Crippen LogP contribution >= 0.6 is 0 Å². The van der Waals surface area contributed by atoms with E-state index in [0.29, 0.717) is 11.7 Å². The summed E-state index contributed by atoms with van der Waals surface area (Å²) in [6.07, 6.45) is 6.96. The largest absolute Gasteiger partial charge is 0.335 e. The number of rotatable bonds is 3. The number of amides is 1. The van der Waals surface area contributed by atoms with Gasteiger partial charge in [0.25, 0.3) is 5.91 Å². The first-order valence-corrected chi connectivity index (χ1v) is 8.60. The number of nitrogens with zero attached hydrogens (tertiary/aromatic N) is 4. The second-order valence-electron chi connectivity index (χ2n) is 6.74. The van der Waals surface area contributed by atoms with E-state index in [4.69, 9.17) is 0 Å². The maximum Gasteiger partial charge on any atom is 0.274 e. The van der Waals surface area contributed by atoms with E-state index < -0.39 is 0 Å². The highest BCUT2D eigenvalue weighted by Crippen LogP contribution is 2.27. The molecule has 1 aliphatic carbocycles. The summed E-state index contributed by atoms with van der Waals surface area (Å²) in [5.41, 5.74) is 0.602. The lowest BCUT2D eigenvalue weighted by Crippen LogP contribution is -2.49. The molecule has 0 radical (unpaired) electrons. The first-order chi connectivity index (χ1) is 10.8. The van der Waals surface area contributed by atoms with Gasteiger partial charge >= 0.3 is 0 Å². The molecule has 22 heavy (non-hydrogen) atoms. The van der Waals surface area contributed by atoms with Crippen LogP contribution in [0.2, 0.25) is 0 Å². The van der Waals surface area contributed by atoms with Crippen molar-refractivity contribution in [3.05, 3.63) is 18.0 Å². The maximum atomic E-state index is 12.6. The second kappa shape index (κ2) is 6.01. The van der Waals surface area contributed by atoms with Crippen LogP contribution in [0.4, 0.5) is 0 Å². The summed E-state index contributed by atoms with van der Waals surface area (Å²) in [6, 6.07) is 3.07. The van der Waals surface area contributed by atoms with Crippen molar-refractivity contribution in [1.29, 1.82) is 0 Å². The third-order valence-electron chi connectivity index (χ3n) is 5.14. The zero-order valence-electron chi connectivity index (χ0n) is 13.1. The Morgan fingerprint density at radius 1 is 1.14 bits per heavy atom. The quantitative estimate of drug-likeness (QED) is 0.894. The number of aromatic nitrogens is 2. The third kappa shape index (κ3) is 2.90. The average Bonchev–Trinajstić information content (AvgIpc) is 3.32. The molecular formula is C16H25N5O. The molecule has 1 aromatic rings. The monoisotopic (exact) mass is 303 g/mol. The lowest BCUT2D eigenvalue weighted by Gasteiger charge is -2.34. The van der Waals surface area contributed by atoms with Gasteiger partial charge in [-0.15, -0.1) is 0 Å². The van der Waals surface area contributed by atoms with E-state index in [1.807, 2.05) is 21.8 Å². The highest BCUT2D eigenvalue weighted by molar-refractivity contribution is 5.92. The van der Waals surface area contributed by atoms with Crippen molar-refractivity contribution in [2.45, 2.75) is 37.8 Å². The van der Waals surface area contributed by atoms with Gasteiger partial charge in [-0.3, -0.25) is 14.4 Å². The minimum atomic E-state index is 0.0953. The van der Waals surface area contributed by atoms with E-state index in [1.54, 1.807) is 0 Å². The van der Waals surface area contributed by atoms with Gasteiger partial charge in [0.05, 0.1) is 6.04 Å².